The lowest BCUT2D eigenvalue weighted by molar-refractivity contribution is -0.133. The van der Waals surface area contributed by atoms with Crippen LogP contribution in [0.15, 0.2) is 42.5 Å². The summed E-state index contributed by atoms with van der Waals surface area (Å²) in [7, 11) is 0. The molecule has 1 heterocycles. The first-order valence-corrected chi connectivity index (χ1v) is 7.97. The van der Waals surface area contributed by atoms with E-state index in [1.54, 1.807) is 17.0 Å². The van der Waals surface area contributed by atoms with Crippen molar-refractivity contribution in [3.63, 3.8) is 0 Å². The molecule has 2 aromatic carbocycles. The van der Waals surface area contributed by atoms with Crippen molar-refractivity contribution in [1.82, 2.24) is 5.32 Å². The van der Waals surface area contributed by atoms with Crippen LogP contribution in [0.5, 0.6) is 5.75 Å². The Morgan fingerprint density at radius 3 is 2.88 bits per heavy atom. The molecule has 124 valence electrons. The second-order valence-corrected chi connectivity index (χ2v) is 6.08. The third-order valence-electron chi connectivity index (χ3n) is 3.77. The number of amides is 1. The van der Waals surface area contributed by atoms with E-state index in [0.717, 1.165) is 16.8 Å². The molecule has 0 saturated carbocycles. The van der Waals surface area contributed by atoms with Gasteiger partial charge < -0.3 is 15.0 Å². The standard InChI is InChI=1S/C18H17ClN2O3/c1-12-6-7-16-15(8-12)21(11-18(23)24-16)10-17(22)20-9-13-4-2-3-5-14(13)19/h2-8H,9-11H2,1H3,(H,20,22). The summed E-state index contributed by atoms with van der Waals surface area (Å²) in [4.78, 5) is 25.7. The van der Waals surface area contributed by atoms with Gasteiger partial charge >= 0.3 is 5.97 Å². The van der Waals surface area contributed by atoms with Gasteiger partial charge in [0.05, 0.1) is 12.2 Å². The number of nitrogens with zero attached hydrogens (tertiary/aromatic N) is 1. The van der Waals surface area contributed by atoms with E-state index in [1.807, 2.05) is 37.3 Å². The molecule has 1 aliphatic rings. The normalized spacial score (nSPS) is 13.2. The number of benzene rings is 2. The van der Waals surface area contributed by atoms with Crippen LogP contribution in [0, 0.1) is 6.92 Å². The van der Waals surface area contributed by atoms with Crippen molar-refractivity contribution in [2.24, 2.45) is 0 Å². The molecule has 1 N–H and O–H groups in total. The summed E-state index contributed by atoms with van der Waals surface area (Å²) in [6.45, 7) is 2.43. The van der Waals surface area contributed by atoms with E-state index in [1.165, 1.54) is 0 Å². The highest BCUT2D eigenvalue weighted by molar-refractivity contribution is 6.31. The van der Waals surface area contributed by atoms with E-state index in [4.69, 9.17) is 16.3 Å². The van der Waals surface area contributed by atoms with Crippen LogP contribution in [0.1, 0.15) is 11.1 Å². The number of rotatable bonds is 4. The first kappa shape index (κ1) is 16.3. The predicted molar refractivity (Wildman–Crippen MR) is 92.3 cm³/mol. The minimum atomic E-state index is -0.370. The maximum absolute atomic E-state index is 12.2. The molecule has 0 fully saturated rings. The number of anilines is 1. The van der Waals surface area contributed by atoms with Crippen molar-refractivity contribution in [2.75, 3.05) is 18.0 Å². The molecule has 24 heavy (non-hydrogen) atoms. The Morgan fingerprint density at radius 2 is 2.08 bits per heavy atom. The Labute approximate surface area is 145 Å². The zero-order valence-corrected chi connectivity index (χ0v) is 14.0. The van der Waals surface area contributed by atoms with Gasteiger partial charge in [-0.15, -0.1) is 0 Å². The molecule has 0 spiro atoms. The van der Waals surface area contributed by atoms with Gasteiger partial charge in [0.1, 0.15) is 6.54 Å². The van der Waals surface area contributed by atoms with Gasteiger partial charge in [-0.1, -0.05) is 35.9 Å². The molecule has 2 aromatic rings. The minimum absolute atomic E-state index is 0.0516. The molecule has 0 unspecified atom stereocenters. The van der Waals surface area contributed by atoms with E-state index in [9.17, 15) is 9.59 Å². The monoisotopic (exact) mass is 344 g/mol. The van der Waals surface area contributed by atoms with Gasteiger partial charge in [-0.3, -0.25) is 4.79 Å². The number of fused-ring (bicyclic) bond motifs is 1. The Hall–Kier alpha value is -2.53. The van der Waals surface area contributed by atoms with Crippen LogP contribution < -0.4 is 15.0 Å². The lowest BCUT2D eigenvalue weighted by atomic mass is 10.1. The fourth-order valence-corrected chi connectivity index (χ4v) is 2.77. The molecule has 0 aromatic heterocycles. The highest BCUT2D eigenvalue weighted by atomic mass is 35.5. The van der Waals surface area contributed by atoms with Crippen molar-refractivity contribution >= 4 is 29.2 Å². The highest BCUT2D eigenvalue weighted by Crippen LogP contribution is 2.32. The highest BCUT2D eigenvalue weighted by Gasteiger charge is 2.25. The summed E-state index contributed by atoms with van der Waals surface area (Å²) in [6, 6.07) is 12.9. The van der Waals surface area contributed by atoms with Crippen molar-refractivity contribution in [3.05, 3.63) is 58.6 Å². The fourth-order valence-electron chi connectivity index (χ4n) is 2.56. The second kappa shape index (κ2) is 6.93. The molecule has 0 atom stereocenters. The van der Waals surface area contributed by atoms with Crippen molar-refractivity contribution in [1.29, 1.82) is 0 Å². The number of ether oxygens (including phenoxy) is 1. The van der Waals surface area contributed by atoms with Crippen molar-refractivity contribution in [3.8, 4) is 5.75 Å². The largest absolute Gasteiger partial charge is 0.423 e. The number of hydrogen-bond donors (Lipinski definition) is 1. The number of hydrogen-bond acceptors (Lipinski definition) is 4. The SMILES string of the molecule is Cc1ccc2c(c1)N(CC(=O)NCc1ccccc1Cl)CC(=O)O2. The molecule has 0 saturated heterocycles. The molecule has 0 bridgehead atoms. The Balaban J connectivity index is 1.67. The van der Waals surface area contributed by atoms with E-state index in [-0.39, 0.29) is 25.0 Å². The fraction of sp³-hybridized carbons (Fsp3) is 0.222. The summed E-state index contributed by atoms with van der Waals surface area (Å²) >= 11 is 6.08. The van der Waals surface area contributed by atoms with Gasteiger partial charge in [0, 0.05) is 11.6 Å². The molecule has 3 rings (SSSR count). The van der Waals surface area contributed by atoms with Crippen LogP contribution in [0.3, 0.4) is 0 Å². The van der Waals surface area contributed by atoms with Crippen LogP contribution in [0.25, 0.3) is 0 Å². The molecule has 6 heteroatoms. The maximum Gasteiger partial charge on any atom is 0.331 e. The van der Waals surface area contributed by atoms with Crippen LogP contribution in [0.2, 0.25) is 5.02 Å². The van der Waals surface area contributed by atoms with E-state index in [2.05, 4.69) is 5.32 Å². The van der Waals surface area contributed by atoms with Gasteiger partial charge in [0.25, 0.3) is 0 Å². The molecular formula is C18H17ClN2O3. The topological polar surface area (TPSA) is 58.6 Å². The third-order valence-corrected chi connectivity index (χ3v) is 4.14. The Kier molecular flexibility index (Phi) is 4.71. The van der Waals surface area contributed by atoms with Gasteiger partial charge in [0.15, 0.2) is 5.75 Å². The zero-order valence-electron chi connectivity index (χ0n) is 13.2. The molecule has 1 aliphatic heterocycles. The second-order valence-electron chi connectivity index (χ2n) is 5.67. The van der Waals surface area contributed by atoms with Crippen molar-refractivity contribution < 1.29 is 14.3 Å². The lowest BCUT2D eigenvalue weighted by Gasteiger charge is -2.29. The van der Waals surface area contributed by atoms with Gasteiger partial charge in [-0.25, -0.2) is 4.79 Å². The average molecular weight is 345 g/mol. The quantitative estimate of drug-likeness (QED) is 0.684. The van der Waals surface area contributed by atoms with Crippen molar-refractivity contribution in [2.45, 2.75) is 13.5 Å². The molecule has 5 nitrogen and oxygen atoms in total. The van der Waals surface area contributed by atoms with Gasteiger partial charge in [-0.05, 0) is 36.2 Å². The van der Waals surface area contributed by atoms with Crippen LogP contribution in [-0.4, -0.2) is 25.0 Å². The Morgan fingerprint density at radius 1 is 1.29 bits per heavy atom. The summed E-state index contributed by atoms with van der Waals surface area (Å²) in [5, 5.41) is 3.44. The number of aryl methyl sites for hydroxylation is 1. The summed E-state index contributed by atoms with van der Waals surface area (Å²) in [5.74, 6) is -0.0712. The van der Waals surface area contributed by atoms with Crippen LogP contribution in [0.4, 0.5) is 5.69 Å². The zero-order chi connectivity index (χ0) is 17.1. The molecule has 0 radical (unpaired) electrons. The maximum atomic E-state index is 12.2. The van der Waals surface area contributed by atoms with Gasteiger partial charge in [0.2, 0.25) is 5.91 Å². The van der Waals surface area contributed by atoms with E-state index >= 15 is 0 Å². The van der Waals surface area contributed by atoms with E-state index in [0.29, 0.717) is 17.3 Å². The van der Waals surface area contributed by atoms with Crippen LogP contribution >= 0.6 is 11.6 Å². The number of carbonyl (C=O) groups is 2. The first-order valence-electron chi connectivity index (χ1n) is 7.59. The number of nitrogens with one attached hydrogen (secondary N) is 1. The number of esters is 1. The number of carbonyl (C=O) groups excluding carboxylic acids is 2. The van der Waals surface area contributed by atoms with Crippen LogP contribution in [-0.2, 0) is 16.1 Å². The molecule has 0 aliphatic carbocycles. The molecule has 1 amide bonds. The average Bonchev–Trinajstić information content (AvgIpc) is 2.55. The predicted octanol–water partition coefficient (Wildman–Crippen LogP) is 2.69. The summed E-state index contributed by atoms with van der Waals surface area (Å²) in [6.07, 6.45) is 0. The minimum Gasteiger partial charge on any atom is -0.423 e. The summed E-state index contributed by atoms with van der Waals surface area (Å²) < 4.78 is 5.21. The van der Waals surface area contributed by atoms with Gasteiger partial charge in [-0.2, -0.15) is 0 Å². The number of halogens is 1. The Bertz CT molecular complexity index is 792. The summed E-state index contributed by atoms with van der Waals surface area (Å²) in [5.41, 5.74) is 2.64. The first-order chi connectivity index (χ1) is 11.5. The third kappa shape index (κ3) is 3.68. The smallest absolute Gasteiger partial charge is 0.331 e. The van der Waals surface area contributed by atoms with E-state index < -0.39 is 0 Å². The lowest BCUT2D eigenvalue weighted by Crippen LogP contribution is -2.43. The molecular weight excluding hydrogens is 328 g/mol.